The minimum absolute atomic E-state index is 0.0195. The van der Waals surface area contributed by atoms with Gasteiger partial charge in [0, 0.05) is 29.1 Å². The van der Waals surface area contributed by atoms with Crippen molar-refractivity contribution in [2.24, 2.45) is 5.92 Å². The molecule has 164 valence electrons. The van der Waals surface area contributed by atoms with Gasteiger partial charge < -0.3 is 9.63 Å². The molecule has 0 bridgehead atoms. The van der Waals surface area contributed by atoms with Gasteiger partial charge >= 0.3 is 0 Å². The maximum Gasteiger partial charge on any atom is 0.257 e. The fourth-order valence-electron chi connectivity index (χ4n) is 5.35. The molecular formula is C24H28FN3O3. The molecule has 1 fully saturated rings. The van der Waals surface area contributed by atoms with E-state index in [1.54, 1.807) is 10.6 Å². The van der Waals surface area contributed by atoms with Crippen LogP contribution in [0.3, 0.4) is 0 Å². The molecule has 1 N–H and O–H groups in total. The summed E-state index contributed by atoms with van der Waals surface area (Å²) in [6.07, 6.45) is 6.64. The molecule has 1 aliphatic heterocycles. The fraction of sp³-hybridized carbons (Fsp3) is 0.542. The van der Waals surface area contributed by atoms with Gasteiger partial charge in [0.1, 0.15) is 17.7 Å². The van der Waals surface area contributed by atoms with Crippen LogP contribution >= 0.6 is 0 Å². The maximum absolute atomic E-state index is 13.7. The highest BCUT2D eigenvalue weighted by Crippen LogP contribution is 2.39. The molecule has 0 unspecified atom stereocenters. The number of hydrogen-bond donors (Lipinski definition) is 1. The average Bonchev–Trinajstić information content (AvgIpc) is 3.18. The second-order valence-corrected chi connectivity index (χ2v) is 9.11. The topological polar surface area (TPSA) is 81.2 Å². The second-order valence-electron chi connectivity index (χ2n) is 9.11. The van der Waals surface area contributed by atoms with Crippen LogP contribution in [0.5, 0.6) is 0 Å². The van der Waals surface area contributed by atoms with E-state index in [9.17, 15) is 14.3 Å². The first-order chi connectivity index (χ1) is 15.0. The quantitative estimate of drug-likeness (QED) is 0.662. The summed E-state index contributed by atoms with van der Waals surface area (Å²) in [7, 11) is 0. The Morgan fingerprint density at radius 2 is 2.03 bits per heavy atom. The fourth-order valence-corrected chi connectivity index (χ4v) is 5.35. The number of nitrogens with zero attached hydrogens (tertiary/aromatic N) is 3. The minimum Gasteiger partial charge on any atom is -0.385 e. The van der Waals surface area contributed by atoms with E-state index in [4.69, 9.17) is 4.52 Å². The Bertz CT molecular complexity index is 1160. The first kappa shape index (κ1) is 20.4. The smallest absolute Gasteiger partial charge is 0.257 e. The molecule has 2 aromatic heterocycles. The van der Waals surface area contributed by atoms with E-state index in [2.05, 4.69) is 10.1 Å². The molecule has 1 aromatic carbocycles. The molecule has 1 atom stereocenters. The van der Waals surface area contributed by atoms with Crippen LogP contribution < -0.4 is 5.56 Å². The van der Waals surface area contributed by atoms with E-state index in [1.807, 2.05) is 6.92 Å². The van der Waals surface area contributed by atoms with E-state index < -0.39 is 6.10 Å². The third-order valence-corrected chi connectivity index (χ3v) is 7.15. The molecule has 1 aliphatic carbocycles. The average molecular weight is 426 g/mol. The molecule has 1 saturated carbocycles. The Kier molecular flexibility index (Phi) is 5.38. The number of aromatic nitrogens is 3. The van der Waals surface area contributed by atoms with Crippen molar-refractivity contribution in [1.29, 1.82) is 0 Å². The number of rotatable bonds is 4. The van der Waals surface area contributed by atoms with Crippen molar-refractivity contribution in [3.8, 4) is 0 Å². The predicted molar refractivity (Wildman–Crippen MR) is 114 cm³/mol. The van der Waals surface area contributed by atoms with Gasteiger partial charge in [0.05, 0.1) is 5.69 Å². The van der Waals surface area contributed by atoms with Crippen LogP contribution in [0, 0.1) is 18.7 Å². The highest BCUT2D eigenvalue weighted by atomic mass is 19.1. The van der Waals surface area contributed by atoms with E-state index in [0.717, 1.165) is 67.3 Å². The Balaban J connectivity index is 1.25. The summed E-state index contributed by atoms with van der Waals surface area (Å²) in [5.74, 6) is 1.10. The van der Waals surface area contributed by atoms with E-state index in [0.29, 0.717) is 36.2 Å². The number of aliphatic hydroxyl groups is 1. The molecule has 0 spiro atoms. The largest absolute Gasteiger partial charge is 0.385 e. The van der Waals surface area contributed by atoms with Crippen molar-refractivity contribution < 1.29 is 14.0 Å². The van der Waals surface area contributed by atoms with Gasteiger partial charge in [0.25, 0.3) is 5.56 Å². The SMILES string of the molecule is Cc1nc2n(c(=O)c1CCC1CCC(c3noc4ccc(F)cc34)CC1)CCC[C@@H]2O. The summed E-state index contributed by atoms with van der Waals surface area (Å²) >= 11 is 0. The Morgan fingerprint density at radius 3 is 2.84 bits per heavy atom. The molecular weight excluding hydrogens is 397 g/mol. The lowest BCUT2D eigenvalue weighted by molar-refractivity contribution is 0.129. The summed E-state index contributed by atoms with van der Waals surface area (Å²) in [6, 6.07) is 4.55. The third kappa shape index (κ3) is 3.80. The van der Waals surface area contributed by atoms with Crippen LogP contribution in [0.4, 0.5) is 4.39 Å². The first-order valence-corrected chi connectivity index (χ1v) is 11.3. The Morgan fingerprint density at radius 1 is 1.23 bits per heavy atom. The molecule has 0 amide bonds. The molecule has 3 heterocycles. The van der Waals surface area contributed by atoms with Gasteiger partial charge in [-0.25, -0.2) is 9.37 Å². The van der Waals surface area contributed by atoms with Gasteiger partial charge in [0.2, 0.25) is 0 Å². The van der Waals surface area contributed by atoms with E-state index in [-0.39, 0.29) is 11.4 Å². The number of hydrogen-bond acceptors (Lipinski definition) is 5. The number of aliphatic hydroxyl groups excluding tert-OH is 1. The summed E-state index contributed by atoms with van der Waals surface area (Å²) in [5.41, 5.74) is 3.07. The highest BCUT2D eigenvalue weighted by Gasteiger charge is 2.28. The number of fused-ring (bicyclic) bond motifs is 2. The molecule has 5 rings (SSSR count). The number of benzene rings is 1. The molecule has 7 heteroatoms. The normalized spacial score (nSPS) is 23.8. The monoisotopic (exact) mass is 425 g/mol. The molecule has 0 radical (unpaired) electrons. The van der Waals surface area contributed by atoms with Crippen molar-refractivity contribution in [2.75, 3.05) is 0 Å². The third-order valence-electron chi connectivity index (χ3n) is 7.15. The summed E-state index contributed by atoms with van der Waals surface area (Å²) < 4.78 is 20.7. The van der Waals surface area contributed by atoms with Crippen molar-refractivity contribution >= 4 is 11.0 Å². The van der Waals surface area contributed by atoms with Crippen molar-refractivity contribution in [2.45, 2.75) is 76.9 Å². The van der Waals surface area contributed by atoms with Gasteiger partial charge in [-0.2, -0.15) is 0 Å². The van der Waals surface area contributed by atoms with Crippen LogP contribution in [0.2, 0.25) is 0 Å². The zero-order valence-electron chi connectivity index (χ0n) is 17.8. The molecule has 3 aromatic rings. The standard InChI is InChI=1S/C24H28FN3O3/c1-14-18(24(30)28-12-2-3-20(29)23(28)26-14)10-6-15-4-7-16(8-5-15)22-19-13-17(25)9-11-21(19)31-27-22/h9,11,13,15-16,20,29H,2-8,10,12H2,1H3/t15?,16?,20-/m0/s1. The van der Waals surface area contributed by atoms with E-state index >= 15 is 0 Å². The predicted octanol–water partition coefficient (Wildman–Crippen LogP) is 4.57. The van der Waals surface area contributed by atoms with Gasteiger partial charge in [-0.3, -0.25) is 9.36 Å². The van der Waals surface area contributed by atoms with Gasteiger partial charge in [-0.15, -0.1) is 0 Å². The second kappa shape index (κ2) is 8.19. The van der Waals surface area contributed by atoms with Crippen LogP contribution in [-0.4, -0.2) is 19.8 Å². The minimum atomic E-state index is -0.634. The van der Waals surface area contributed by atoms with Gasteiger partial charge in [0.15, 0.2) is 5.58 Å². The van der Waals surface area contributed by atoms with Crippen molar-refractivity contribution in [3.05, 3.63) is 57.1 Å². The van der Waals surface area contributed by atoms with Crippen LogP contribution in [-0.2, 0) is 13.0 Å². The summed E-state index contributed by atoms with van der Waals surface area (Å²) in [5, 5.41) is 15.2. The molecule has 6 nitrogen and oxygen atoms in total. The summed E-state index contributed by atoms with van der Waals surface area (Å²) in [6.45, 7) is 2.52. The Labute approximate surface area is 180 Å². The number of halogens is 1. The first-order valence-electron chi connectivity index (χ1n) is 11.3. The van der Waals surface area contributed by atoms with Gasteiger partial charge in [-0.1, -0.05) is 5.16 Å². The van der Waals surface area contributed by atoms with Crippen molar-refractivity contribution in [3.63, 3.8) is 0 Å². The van der Waals surface area contributed by atoms with E-state index in [1.165, 1.54) is 12.1 Å². The zero-order chi connectivity index (χ0) is 21.5. The highest BCUT2D eigenvalue weighted by molar-refractivity contribution is 5.79. The lowest BCUT2D eigenvalue weighted by Gasteiger charge is -2.28. The molecule has 2 aliphatic rings. The Hall–Kier alpha value is -2.54. The van der Waals surface area contributed by atoms with Crippen LogP contribution in [0.15, 0.2) is 27.5 Å². The molecule has 0 saturated heterocycles. The number of aryl methyl sites for hydroxylation is 1. The van der Waals surface area contributed by atoms with Crippen LogP contribution in [0.25, 0.3) is 11.0 Å². The molecule has 31 heavy (non-hydrogen) atoms. The van der Waals surface area contributed by atoms with Crippen LogP contribution in [0.1, 0.15) is 79.7 Å². The lowest BCUT2D eigenvalue weighted by Crippen LogP contribution is -2.34. The van der Waals surface area contributed by atoms with Crippen molar-refractivity contribution in [1.82, 2.24) is 14.7 Å². The summed E-state index contributed by atoms with van der Waals surface area (Å²) in [4.78, 5) is 17.5. The lowest BCUT2D eigenvalue weighted by atomic mass is 9.78. The zero-order valence-corrected chi connectivity index (χ0v) is 17.8. The maximum atomic E-state index is 13.7. The van der Waals surface area contributed by atoms with Gasteiger partial charge in [-0.05, 0) is 82.4 Å².